The van der Waals surface area contributed by atoms with Gasteiger partial charge in [0.1, 0.15) is 0 Å². The summed E-state index contributed by atoms with van der Waals surface area (Å²) in [6, 6.07) is 7.15. The zero-order valence-corrected chi connectivity index (χ0v) is 15.1. The molecule has 1 amide bonds. The molecular weight excluding hydrogens is 352 g/mol. The van der Waals surface area contributed by atoms with Crippen LogP contribution in [0.1, 0.15) is 16.8 Å². The third-order valence-corrected chi connectivity index (χ3v) is 4.64. The van der Waals surface area contributed by atoms with Crippen molar-refractivity contribution >= 4 is 39.3 Å². The Balaban J connectivity index is 2.35. The van der Waals surface area contributed by atoms with Crippen molar-refractivity contribution in [2.45, 2.75) is 6.42 Å². The van der Waals surface area contributed by atoms with Crippen LogP contribution in [0.15, 0.2) is 24.3 Å². The molecular formula is C15H22N2O5S2. The van der Waals surface area contributed by atoms with Gasteiger partial charge in [0.15, 0.2) is 0 Å². The van der Waals surface area contributed by atoms with Crippen molar-refractivity contribution in [1.29, 1.82) is 0 Å². The number of carbonyl (C=O) groups is 2. The summed E-state index contributed by atoms with van der Waals surface area (Å²) in [7, 11) is 4.29. The van der Waals surface area contributed by atoms with Gasteiger partial charge in [0.25, 0.3) is 5.91 Å². The predicted molar refractivity (Wildman–Crippen MR) is 97.4 cm³/mol. The van der Waals surface area contributed by atoms with Gasteiger partial charge in [0.2, 0.25) is 0 Å². The third-order valence-electron chi connectivity index (χ3n) is 2.75. The molecule has 9 heteroatoms. The second-order valence-electron chi connectivity index (χ2n) is 4.56. The van der Waals surface area contributed by atoms with E-state index in [4.69, 9.17) is 14.6 Å². The van der Waals surface area contributed by atoms with E-state index in [0.717, 1.165) is 0 Å². The normalized spacial score (nSPS) is 10.4. The maximum absolute atomic E-state index is 12.2. The van der Waals surface area contributed by atoms with Crippen molar-refractivity contribution in [3.63, 3.8) is 0 Å². The first kappa shape index (κ1) is 20.6. The minimum atomic E-state index is -0.824. The zero-order chi connectivity index (χ0) is 17.6. The van der Waals surface area contributed by atoms with Gasteiger partial charge in [0.05, 0.1) is 37.5 Å². The first-order valence-electron chi connectivity index (χ1n) is 7.35. The molecule has 0 aliphatic carbocycles. The molecule has 0 atom stereocenters. The first-order chi connectivity index (χ1) is 11.6. The molecule has 0 aromatic heterocycles. The van der Waals surface area contributed by atoms with Crippen molar-refractivity contribution in [1.82, 2.24) is 5.32 Å². The van der Waals surface area contributed by atoms with Crippen LogP contribution in [0, 0.1) is 0 Å². The summed E-state index contributed by atoms with van der Waals surface area (Å²) in [6.07, 6.45) is 0.102. The number of hydrogen-bond acceptors (Lipinski definition) is 7. The van der Waals surface area contributed by atoms with Gasteiger partial charge in [-0.05, 0) is 12.1 Å². The summed E-state index contributed by atoms with van der Waals surface area (Å²) in [5, 5.41) is 11.4. The van der Waals surface area contributed by atoms with Crippen molar-refractivity contribution < 1.29 is 24.2 Å². The lowest BCUT2D eigenvalue weighted by atomic mass is 10.2. The van der Waals surface area contributed by atoms with E-state index in [1.54, 1.807) is 25.3 Å². The molecule has 0 saturated carbocycles. The molecule has 0 aliphatic heterocycles. The van der Waals surface area contributed by atoms with Crippen LogP contribution in [-0.2, 0) is 14.3 Å². The van der Waals surface area contributed by atoms with Gasteiger partial charge < -0.3 is 24.6 Å². The predicted octanol–water partition coefficient (Wildman–Crippen LogP) is 2.26. The standard InChI is InChI=1S/C15H22N2O5S2/c1-21-9-10-22-8-7-16-15(20)12-4-2-3-5-13(12)17-24-23-11-6-14(18)19/h2-5,17H,6-11H2,1H3,(H,16,20)(H,18,19). The highest BCUT2D eigenvalue weighted by molar-refractivity contribution is 8.77. The highest BCUT2D eigenvalue weighted by Gasteiger charge is 2.10. The average molecular weight is 374 g/mol. The number of methoxy groups -OCH3 is 1. The molecule has 0 unspecified atom stereocenters. The Kier molecular flexibility index (Phi) is 11.1. The second-order valence-corrected chi connectivity index (χ2v) is 6.78. The highest BCUT2D eigenvalue weighted by atomic mass is 33.1. The van der Waals surface area contributed by atoms with Crippen LogP contribution < -0.4 is 10.0 Å². The van der Waals surface area contributed by atoms with Gasteiger partial charge in [-0.1, -0.05) is 22.9 Å². The molecule has 0 aliphatic rings. The van der Waals surface area contributed by atoms with Crippen molar-refractivity contribution in [2.75, 3.05) is 44.0 Å². The van der Waals surface area contributed by atoms with Gasteiger partial charge in [-0.3, -0.25) is 9.59 Å². The number of anilines is 1. The van der Waals surface area contributed by atoms with Gasteiger partial charge in [-0.25, -0.2) is 0 Å². The lowest BCUT2D eigenvalue weighted by Gasteiger charge is -2.11. The van der Waals surface area contributed by atoms with E-state index in [-0.39, 0.29) is 12.3 Å². The number of amides is 1. The molecule has 24 heavy (non-hydrogen) atoms. The van der Waals surface area contributed by atoms with E-state index in [9.17, 15) is 9.59 Å². The van der Waals surface area contributed by atoms with Crippen LogP contribution in [0.3, 0.4) is 0 Å². The Labute approximate surface area is 149 Å². The first-order valence-corrected chi connectivity index (χ1v) is 9.67. The Morgan fingerprint density at radius 1 is 1.21 bits per heavy atom. The molecule has 0 bridgehead atoms. The fourth-order valence-electron chi connectivity index (χ4n) is 1.59. The smallest absolute Gasteiger partial charge is 0.304 e. The molecule has 0 radical (unpaired) electrons. The molecule has 1 rings (SSSR count). The largest absolute Gasteiger partial charge is 0.481 e. The summed E-state index contributed by atoms with van der Waals surface area (Å²) in [4.78, 5) is 22.7. The molecule has 0 spiro atoms. The lowest BCUT2D eigenvalue weighted by molar-refractivity contribution is -0.136. The van der Waals surface area contributed by atoms with Crippen molar-refractivity contribution in [2.24, 2.45) is 0 Å². The van der Waals surface area contributed by atoms with E-state index < -0.39 is 5.97 Å². The number of rotatable bonds is 13. The van der Waals surface area contributed by atoms with E-state index in [0.29, 0.717) is 43.4 Å². The van der Waals surface area contributed by atoms with Gasteiger partial charge in [-0.2, -0.15) is 0 Å². The number of aliphatic carboxylic acids is 1. The topological polar surface area (TPSA) is 96.9 Å². The number of benzene rings is 1. The SMILES string of the molecule is COCCOCCNC(=O)c1ccccc1NSSCCC(=O)O. The Morgan fingerprint density at radius 3 is 2.75 bits per heavy atom. The minimum absolute atomic E-state index is 0.102. The van der Waals surface area contributed by atoms with Crippen LogP contribution in [0.5, 0.6) is 0 Å². The Bertz CT molecular complexity index is 516. The quantitative estimate of drug-likeness (QED) is 0.275. The minimum Gasteiger partial charge on any atom is -0.481 e. The zero-order valence-electron chi connectivity index (χ0n) is 13.4. The fraction of sp³-hybridized carbons (Fsp3) is 0.467. The molecule has 0 heterocycles. The van der Waals surface area contributed by atoms with Gasteiger partial charge in [-0.15, -0.1) is 0 Å². The molecule has 1 aromatic carbocycles. The van der Waals surface area contributed by atoms with Crippen LogP contribution >= 0.6 is 21.8 Å². The molecule has 7 nitrogen and oxygen atoms in total. The van der Waals surface area contributed by atoms with Crippen LogP contribution in [0.25, 0.3) is 0 Å². The van der Waals surface area contributed by atoms with Crippen molar-refractivity contribution in [3.8, 4) is 0 Å². The van der Waals surface area contributed by atoms with Gasteiger partial charge in [0, 0.05) is 30.4 Å². The monoisotopic (exact) mass is 374 g/mol. The number of carbonyl (C=O) groups excluding carboxylic acids is 1. The molecule has 1 aromatic rings. The van der Waals surface area contributed by atoms with Crippen LogP contribution in [-0.4, -0.2) is 56.2 Å². The number of para-hydroxylation sites is 1. The van der Waals surface area contributed by atoms with Crippen LogP contribution in [0.2, 0.25) is 0 Å². The average Bonchev–Trinajstić information content (AvgIpc) is 2.57. The van der Waals surface area contributed by atoms with Crippen LogP contribution in [0.4, 0.5) is 5.69 Å². The summed E-state index contributed by atoms with van der Waals surface area (Å²) >= 11 is 0. The number of ether oxygens (including phenoxy) is 2. The third kappa shape index (κ3) is 9.02. The summed E-state index contributed by atoms with van der Waals surface area (Å²) < 4.78 is 13.2. The summed E-state index contributed by atoms with van der Waals surface area (Å²) in [6.45, 7) is 1.86. The van der Waals surface area contributed by atoms with E-state index >= 15 is 0 Å². The number of nitrogens with one attached hydrogen (secondary N) is 2. The molecule has 134 valence electrons. The fourth-order valence-corrected chi connectivity index (χ4v) is 3.21. The lowest BCUT2D eigenvalue weighted by Crippen LogP contribution is -2.28. The maximum Gasteiger partial charge on any atom is 0.304 e. The van der Waals surface area contributed by atoms with Gasteiger partial charge >= 0.3 is 5.97 Å². The number of hydrogen-bond donors (Lipinski definition) is 3. The number of carboxylic acid groups (broad SMARTS) is 1. The molecule has 3 N–H and O–H groups in total. The Morgan fingerprint density at radius 2 is 2.00 bits per heavy atom. The highest BCUT2D eigenvalue weighted by Crippen LogP contribution is 2.26. The van der Waals surface area contributed by atoms with E-state index in [2.05, 4.69) is 10.0 Å². The number of carboxylic acids is 1. The summed E-state index contributed by atoms with van der Waals surface area (Å²) in [5.74, 6) is -0.527. The van der Waals surface area contributed by atoms with E-state index in [1.165, 1.54) is 21.8 Å². The van der Waals surface area contributed by atoms with E-state index in [1.807, 2.05) is 6.07 Å². The second kappa shape index (κ2) is 12.9. The summed E-state index contributed by atoms with van der Waals surface area (Å²) in [5.41, 5.74) is 1.21. The molecule has 0 saturated heterocycles. The molecule has 0 fully saturated rings. The Hall–Kier alpha value is -1.42. The maximum atomic E-state index is 12.2. The van der Waals surface area contributed by atoms with Crippen molar-refractivity contribution in [3.05, 3.63) is 29.8 Å².